The average molecular weight is 342 g/mol. The molecule has 0 spiro atoms. The SMILES string of the molecule is C=CC(=O)N(CCOC1CC1)Cc1ccc(Br)c(F)c1. The van der Waals surface area contributed by atoms with Crippen molar-refractivity contribution < 1.29 is 13.9 Å². The molecule has 3 nitrogen and oxygen atoms in total. The number of benzene rings is 1. The minimum Gasteiger partial charge on any atom is -0.376 e. The molecule has 108 valence electrons. The number of rotatable bonds is 7. The maximum absolute atomic E-state index is 13.5. The molecular weight excluding hydrogens is 325 g/mol. The number of hydrogen-bond acceptors (Lipinski definition) is 2. The highest BCUT2D eigenvalue weighted by molar-refractivity contribution is 9.10. The number of ether oxygens (including phenoxy) is 1. The quantitative estimate of drug-likeness (QED) is 0.712. The molecule has 5 heteroatoms. The summed E-state index contributed by atoms with van der Waals surface area (Å²) in [5.41, 5.74) is 0.743. The van der Waals surface area contributed by atoms with E-state index in [2.05, 4.69) is 22.5 Å². The summed E-state index contributed by atoms with van der Waals surface area (Å²) in [4.78, 5) is 13.4. The Balaban J connectivity index is 1.95. The van der Waals surface area contributed by atoms with Crippen LogP contribution in [0.25, 0.3) is 0 Å². The van der Waals surface area contributed by atoms with Gasteiger partial charge in [0.2, 0.25) is 5.91 Å². The minimum atomic E-state index is -0.331. The topological polar surface area (TPSA) is 29.5 Å². The Kier molecular flexibility index (Phi) is 5.31. The Morgan fingerprint density at radius 3 is 2.90 bits per heavy atom. The van der Waals surface area contributed by atoms with E-state index in [0.717, 1.165) is 18.4 Å². The fraction of sp³-hybridized carbons (Fsp3) is 0.400. The largest absolute Gasteiger partial charge is 0.376 e. The standard InChI is InChI=1S/C15H17BrFNO2/c1-2-15(19)18(7-8-20-12-4-5-12)10-11-3-6-13(16)14(17)9-11/h2-3,6,9,12H,1,4-5,7-8,10H2. The van der Waals surface area contributed by atoms with Crippen LogP contribution in [0.4, 0.5) is 4.39 Å². The normalized spacial score (nSPS) is 14.1. The second-order valence-corrected chi connectivity index (χ2v) is 5.64. The van der Waals surface area contributed by atoms with Crippen LogP contribution in [0.15, 0.2) is 35.3 Å². The molecule has 1 aliphatic rings. The number of hydrogen-bond donors (Lipinski definition) is 0. The smallest absolute Gasteiger partial charge is 0.246 e. The second kappa shape index (κ2) is 6.99. The van der Waals surface area contributed by atoms with Crippen LogP contribution in [0.2, 0.25) is 0 Å². The van der Waals surface area contributed by atoms with Crippen molar-refractivity contribution >= 4 is 21.8 Å². The summed E-state index contributed by atoms with van der Waals surface area (Å²) >= 11 is 3.11. The van der Waals surface area contributed by atoms with Gasteiger partial charge in [0.1, 0.15) is 5.82 Å². The fourth-order valence-electron chi connectivity index (χ4n) is 1.82. The highest BCUT2D eigenvalue weighted by Gasteiger charge is 2.22. The van der Waals surface area contributed by atoms with E-state index >= 15 is 0 Å². The summed E-state index contributed by atoms with van der Waals surface area (Å²) in [6, 6.07) is 4.86. The third-order valence-corrected chi connectivity index (χ3v) is 3.73. The zero-order valence-corrected chi connectivity index (χ0v) is 12.7. The molecule has 0 heterocycles. The Hall–Kier alpha value is -1.20. The second-order valence-electron chi connectivity index (χ2n) is 4.78. The Labute approximate surface area is 126 Å². The first-order chi connectivity index (χ1) is 9.60. The summed E-state index contributed by atoms with van der Waals surface area (Å²) in [5, 5.41) is 0. The molecule has 0 saturated heterocycles. The number of carbonyl (C=O) groups excluding carboxylic acids is 1. The van der Waals surface area contributed by atoms with Gasteiger partial charge in [-0.15, -0.1) is 0 Å². The molecule has 1 aromatic rings. The first-order valence-electron chi connectivity index (χ1n) is 6.57. The van der Waals surface area contributed by atoms with Crippen LogP contribution in [-0.4, -0.2) is 30.1 Å². The summed E-state index contributed by atoms with van der Waals surface area (Å²) in [6.45, 7) is 4.84. The van der Waals surface area contributed by atoms with Crippen LogP contribution in [0.1, 0.15) is 18.4 Å². The predicted molar refractivity (Wildman–Crippen MR) is 78.7 cm³/mol. The predicted octanol–water partition coefficient (Wildman–Crippen LogP) is 3.28. The van der Waals surface area contributed by atoms with Gasteiger partial charge in [-0.2, -0.15) is 0 Å². The third kappa shape index (κ3) is 4.42. The van der Waals surface area contributed by atoms with Crippen molar-refractivity contribution in [2.45, 2.75) is 25.5 Å². The van der Waals surface area contributed by atoms with Gasteiger partial charge in [-0.25, -0.2) is 4.39 Å². The van der Waals surface area contributed by atoms with Gasteiger partial charge in [-0.3, -0.25) is 4.79 Å². The Bertz CT molecular complexity index is 503. The van der Waals surface area contributed by atoms with Crippen LogP contribution < -0.4 is 0 Å². The van der Waals surface area contributed by atoms with Crippen LogP contribution >= 0.6 is 15.9 Å². The molecule has 1 aromatic carbocycles. The minimum absolute atomic E-state index is 0.173. The van der Waals surface area contributed by atoms with E-state index in [1.165, 1.54) is 12.1 Å². The average Bonchev–Trinajstić information content (AvgIpc) is 3.25. The molecule has 0 radical (unpaired) electrons. The molecule has 0 aromatic heterocycles. The Morgan fingerprint density at radius 1 is 1.55 bits per heavy atom. The number of halogens is 2. The monoisotopic (exact) mass is 341 g/mol. The highest BCUT2D eigenvalue weighted by Crippen LogP contribution is 2.23. The number of carbonyl (C=O) groups is 1. The molecular formula is C15H17BrFNO2. The lowest BCUT2D eigenvalue weighted by Gasteiger charge is -2.21. The molecule has 2 rings (SSSR count). The molecule has 20 heavy (non-hydrogen) atoms. The molecule has 1 saturated carbocycles. The number of amides is 1. The van der Waals surface area contributed by atoms with E-state index in [-0.39, 0.29) is 11.7 Å². The first-order valence-corrected chi connectivity index (χ1v) is 7.36. The lowest BCUT2D eigenvalue weighted by atomic mass is 10.2. The van der Waals surface area contributed by atoms with Crippen LogP contribution in [0.3, 0.4) is 0 Å². The zero-order chi connectivity index (χ0) is 14.5. The van der Waals surface area contributed by atoms with Gasteiger partial charge in [0, 0.05) is 13.1 Å². The summed E-state index contributed by atoms with van der Waals surface area (Å²) in [7, 11) is 0. The number of nitrogens with zero attached hydrogens (tertiary/aromatic N) is 1. The van der Waals surface area contributed by atoms with Crippen molar-refractivity contribution in [3.8, 4) is 0 Å². The lowest BCUT2D eigenvalue weighted by molar-refractivity contribution is -0.127. The van der Waals surface area contributed by atoms with Gasteiger partial charge < -0.3 is 9.64 Å². The van der Waals surface area contributed by atoms with Crippen LogP contribution in [0.5, 0.6) is 0 Å². The zero-order valence-electron chi connectivity index (χ0n) is 11.1. The van der Waals surface area contributed by atoms with E-state index in [0.29, 0.717) is 30.3 Å². The molecule has 0 atom stereocenters. The van der Waals surface area contributed by atoms with Crippen molar-refractivity contribution in [2.24, 2.45) is 0 Å². The molecule has 1 fully saturated rings. The first kappa shape index (κ1) is 15.2. The maximum Gasteiger partial charge on any atom is 0.246 e. The molecule has 0 unspecified atom stereocenters. The fourth-order valence-corrected chi connectivity index (χ4v) is 2.07. The summed E-state index contributed by atoms with van der Waals surface area (Å²) < 4.78 is 19.4. The van der Waals surface area contributed by atoms with E-state index in [9.17, 15) is 9.18 Å². The van der Waals surface area contributed by atoms with Gasteiger partial charge in [-0.1, -0.05) is 12.6 Å². The van der Waals surface area contributed by atoms with Crippen molar-refractivity contribution in [3.63, 3.8) is 0 Å². The van der Waals surface area contributed by atoms with E-state index in [4.69, 9.17) is 4.74 Å². The Morgan fingerprint density at radius 2 is 2.30 bits per heavy atom. The van der Waals surface area contributed by atoms with E-state index in [1.54, 1.807) is 17.0 Å². The van der Waals surface area contributed by atoms with Gasteiger partial charge in [0.05, 0.1) is 17.2 Å². The van der Waals surface area contributed by atoms with Crippen molar-refractivity contribution in [1.82, 2.24) is 4.90 Å². The van der Waals surface area contributed by atoms with Gasteiger partial charge in [0.25, 0.3) is 0 Å². The van der Waals surface area contributed by atoms with Gasteiger partial charge in [-0.05, 0) is 52.5 Å². The van der Waals surface area contributed by atoms with Crippen molar-refractivity contribution in [1.29, 1.82) is 0 Å². The maximum atomic E-state index is 13.5. The van der Waals surface area contributed by atoms with Crippen LogP contribution in [0, 0.1) is 5.82 Å². The molecule has 0 aliphatic heterocycles. The molecule has 0 bridgehead atoms. The van der Waals surface area contributed by atoms with E-state index in [1.807, 2.05) is 0 Å². The lowest BCUT2D eigenvalue weighted by Crippen LogP contribution is -2.32. The van der Waals surface area contributed by atoms with Gasteiger partial charge in [0.15, 0.2) is 0 Å². The molecule has 1 amide bonds. The molecule has 1 aliphatic carbocycles. The summed E-state index contributed by atoms with van der Waals surface area (Å²) in [6.07, 6.45) is 3.84. The van der Waals surface area contributed by atoms with Crippen molar-refractivity contribution in [3.05, 3.63) is 46.7 Å². The van der Waals surface area contributed by atoms with E-state index < -0.39 is 0 Å². The third-order valence-electron chi connectivity index (χ3n) is 3.08. The van der Waals surface area contributed by atoms with Crippen LogP contribution in [-0.2, 0) is 16.1 Å². The van der Waals surface area contributed by atoms with Crippen molar-refractivity contribution in [2.75, 3.05) is 13.2 Å². The van der Waals surface area contributed by atoms with Gasteiger partial charge >= 0.3 is 0 Å². The highest BCUT2D eigenvalue weighted by atomic mass is 79.9. The molecule has 0 N–H and O–H groups in total. The summed E-state index contributed by atoms with van der Waals surface area (Å²) in [5.74, 6) is -0.504.